The topological polar surface area (TPSA) is 34.1 Å². The van der Waals surface area contributed by atoms with Crippen LogP contribution in [0.15, 0.2) is 36.4 Å². The summed E-state index contributed by atoms with van der Waals surface area (Å²) in [5.74, 6) is 0. The number of fused-ring (bicyclic) bond motifs is 2. The van der Waals surface area contributed by atoms with Gasteiger partial charge >= 0.3 is 0 Å². The van der Waals surface area contributed by atoms with Crippen LogP contribution in [0.25, 0.3) is 0 Å². The Bertz CT molecular complexity index is 811. The van der Waals surface area contributed by atoms with Gasteiger partial charge in [0.05, 0.1) is 0 Å². The maximum atomic E-state index is 11.4. The number of carbonyl (C=O) groups is 2. The predicted molar refractivity (Wildman–Crippen MR) is 68.6 cm³/mol. The van der Waals surface area contributed by atoms with E-state index in [-0.39, 0.29) is 0 Å². The van der Waals surface area contributed by atoms with Gasteiger partial charge in [0.15, 0.2) is 0 Å². The summed E-state index contributed by atoms with van der Waals surface area (Å²) in [7, 11) is 0. The molecule has 3 rings (SSSR count). The molecule has 0 bridgehead atoms. The number of rotatable bonds is 2. The highest BCUT2D eigenvalue weighted by Crippen LogP contribution is 2.21. The number of hydrogen-bond acceptors (Lipinski definition) is 2. The Morgan fingerprint density at radius 3 is 1.44 bits per heavy atom. The zero-order valence-electron chi connectivity index (χ0n) is 9.04. The lowest BCUT2D eigenvalue weighted by Crippen LogP contribution is -2.04. The van der Waals surface area contributed by atoms with Crippen LogP contribution in [0.4, 0.5) is 0 Å². The van der Waals surface area contributed by atoms with Crippen molar-refractivity contribution in [3.63, 3.8) is 0 Å². The van der Waals surface area contributed by atoms with E-state index in [2.05, 4.69) is 0 Å². The minimum atomic E-state index is -0.533. The van der Waals surface area contributed by atoms with Crippen LogP contribution in [0, 0.1) is 20.9 Å². The molecular formula is C14H6Cl2O2. The highest BCUT2D eigenvalue weighted by molar-refractivity contribution is 6.68. The summed E-state index contributed by atoms with van der Waals surface area (Å²) in [5.41, 5.74) is 0.819. The molecule has 0 heterocycles. The van der Waals surface area contributed by atoms with Gasteiger partial charge in [0, 0.05) is 21.6 Å². The van der Waals surface area contributed by atoms with Crippen molar-refractivity contribution in [3.8, 4) is 0 Å². The summed E-state index contributed by atoms with van der Waals surface area (Å²) in [5, 5.41) is 2.23. The lowest BCUT2D eigenvalue weighted by molar-refractivity contribution is 0.107. The molecule has 0 aromatic heterocycles. The second kappa shape index (κ2) is 3.94. The average Bonchev–Trinajstić information content (AvgIpc) is 2.33. The number of benzene rings is 2. The molecule has 2 aromatic rings. The second-order valence-electron chi connectivity index (χ2n) is 4.00. The Kier molecular flexibility index (Phi) is 2.51. The van der Waals surface area contributed by atoms with Crippen molar-refractivity contribution in [1.82, 2.24) is 0 Å². The van der Waals surface area contributed by atoms with E-state index in [9.17, 15) is 9.59 Å². The first-order valence-corrected chi connectivity index (χ1v) is 6.03. The van der Waals surface area contributed by atoms with E-state index in [0.717, 1.165) is 20.9 Å². The molecule has 18 heavy (non-hydrogen) atoms. The fourth-order valence-electron chi connectivity index (χ4n) is 2.36. The molecule has 0 radical (unpaired) electrons. The minimum absolute atomic E-state index is 0.409. The molecular weight excluding hydrogens is 271 g/mol. The first-order valence-electron chi connectivity index (χ1n) is 5.27. The third-order valence-electron chi connectivity index (χ3n) is 3.09. The van der Waals surface area contributed by atoms with Crippen LogP contribution < -0.4 is 0 Å². The summed E-state index contributed by atoms with van der Waals surface area (Å²) < 4.78 is 0. The van der Waals surface area contributed by atoms with Crippen LogP contribution in [0.3, 0.4) is 0 Å². The second-order valence-corrected chi connectivity index (χ2v) is 4.69. The number of halogens is 2. The lowest BCUT2D eigenvalue weighted by atomic mass is 9.95. The van der Waals surface area contributed by atoms with Gasteiger partial charge in [0.25, 0.3) is 10.5 Å². The summed E-state index contributed by atoms with van der Waals surface area (Å²) in [6.45, 7) is 0. The largest absolute Gasteiger partial charge is 0.276 e. The van der Waals surface area contributed by atoms with Crippen molar-refractivity contribution in [2.75, 3.05) is 0 Å². The molecule has 2 aromatic carbocycles. The van der Waals surface area contributed by atoms with Gasteiger partial charge in [-0.3, -0.25) is 9.59 Å². The summed E-state index contributed by atoms with van der Waals surface area (Å²) in [6.07, 6.45) is 0. The van der Waals surface area contributed by atoms with E-state index in [1.165, 1.54) is 0 Å². The molecule has 0 N–H and O–H groups in total. The molecule has 0 aliphatic heterocycles. The van der Waals surface area contributed by atoms with E-state index in [1.807, 2.05) is 12.1 Å². The molecule has 88 valence electrons. The standard InChI is InChI=1S/C14H6Cl2O2/c15-13(17)9-5-1-3-7-8-4-2-6-10(14(16)18)12(8)11(7)9/h1-6H. The third kappa shape index (κ3) is 1.43. The summed E-state index contributed by atoms with van der Waals surface area (Å²) in [6, 6.07) is 10.6. The molecule has 1 aliphatic carbocycles. The summed E-state index contributed by atoms with van der Waals surface area (Å²) >= 11 is 11.1. The molecule has 0 saturated heterocycles. The van der Waals surface area contributed by atoms with E-state index in [1.54, 1.807) is 24.3 Å². The normalized spacial score (nSPS) is 11.2. The van der Waals surface area contributed by atoms with Crippen LogP contribution in [0.5, 0.6) is 0 Å². The first-order chi connectivity index (χ1) is 8.61. The molecule has 0 atom stereocenters. The molecule has 4 heteroatoms. The van der Waals surface area contributed by atoms with Gasteiger partial charge in [-0.25, -0.2) is 0 Å². The van der Waals surface area contributed by atoms with Gasteiger partial charge in [-0.15, -0.1) is 0 Å². The molecule has 0 spiro atoms. The quantitative estimate of drug-likeness (QED) is 0.673. The Morgan fingerprint density at radius 2 is 1.11 bits per heavy atom. The molecule has 0 amide bonds. The van der Waals surface area contributed by atoms with Gasteiger partial charge < -0.3 is 0 Å². The Morgan fingerprint density at radius 1 is 0.722 bits per heavy atom. The highest BCUT2D eigenvalue weighted by Gasteiger charge is 2.15. The number of carbonyl (C=O) groups excluding carboxylic acids is 2. The molecule has 2 nitrogen and oxygen atoms in total. The van der Waals surface area contributed by atoms with Crippen LogP contribution in [0.1, 0.15) is 20.7 Å². The van der Waals surface area contributed by atoms with Crippen molar-refractivity contribution in [3.05, 3.63) is 68.4 Å². The first kappa shape index (κ1) is 11.5. The van der Waals surface area contributed by atoms with Gasteiger partial charge in [0.1, 0.15) is 0 Å². The van der Waals surface area contributed by atoms with Crippen molar-refractivity contribution >= 4 is 33.7 Å². The average molecular weight is 277 g/mol. The van der Waals surface area contributed by atoms with E-state index in [0.29, 0.717) is 11.1 Å². The predicted octanol–water partition coefficient (Wildman–Crippen LogP) is 3.33. The Balaban J connectivity index is 2.60. The highest BCUT2D eigenvalue weighted by atomic mass is 35.5. The Hall–Kier alpha value is -1.64. The fourth-order valence-corrected chi connectivity index (χ4v) is 2.67. The van der Waals surface area contributed by atoms with Gasteiger partial charge in [-0.2, -0.15) is 0 Å². The van der Waals surface area contributed by atoms with Crippen LogP contribution in [-0.4, -0.2) is 10.5 Å². The van der Waals surface area contributed by atoms with E-state index < -0.39 is 10.5 Å². The number of hydrogen-bond donors (Lipinski definition) is 0. The fraction of sp³-hybridized carbons (Fsp3) is 0. The van der Waals surface area contributed by atoms with Gasteiger partial charge in [0.2, 0.25) is 0 Å². The van der Waals surface area contributed by atoms with E-state index in [4.69, 9.17) is 23.2 Å². The van der Waals surface area contributed by atoms with E-state index >= 15 is 0 Å². The van der Waals surface area contributed by atoms with Crippen molar-refractivity contribution in [1.29, 1.82) is 0 Å². The maximum absolute atomic E-state index is 11.4. The van der Waals surface area contributed by atoms with Crippen LogP contribution >= 0.6 is 23.2 Å². The molecule has 1 aliphatic rings. The Labute approximate surface area is 112 Å². The van der Waals surface area contributed by atoms with Crippen molar-refractivity contribution in [2.45, 2.75) is 0 Å². The monoisotopic (exact) mass is 276 g/mol. The van der Waals surface area contributed by atoms with Crippen molar-refractivity contribution < 1.29 is 9.59 Å². The molecule has 0 saturated carbocycles. The van der Waals surface area contributed by atoms with Gasteiger partial charge in [-0.1, -0.05) is 24.3 Å². The van der Waals surface area contributed by atoms with Crippen LogP contribution in [-0.2, 0) is 0 Å². The lowest BCUT2D eigenvalue weighted by Gasteiger charge is -2.09. The zero-order valence-corrected chi connectivity index (χ0v) is 10.5. The van der Waals surface area contributed by atoms with Crippen molar-refractivity contribution in [2.24, 2.45) is 0 Å². The zero-order chi connectivity index (χ0) is 12.9. The molecule has 0 unspecified atom stereocenters. The SMILES string of the molecule is O=C(Cl)c1cccc2c1=c1c(C(=O)Cl)cccc1=2. The molecule has 0 fully saturated rings. The maximum Gasteiger partial charge on any atom is 0.253 e. The third-order valence-corrected chi connectivity index (χ3v) is 3.50. The van der Waals surface area contributed by atoms with Gasteiger partial charge in [-0.05, 0) is 45.8 Å². The smallest absolute Gasteiger partial charge is 0.253 e. The van der Waals surface area contributed by atoms with Crippen LogP contribution in [0.2, 0.25) is 0 Å². The summed E-state index contributed by atoms with van der Waals surface area (Å²) in [4.78, 5) is 22.8. The minimum Gasteiger partial charge on any atom is -0.276 e.